The van der Waals surface area contributed by atoms with Gasteiger partial charge in [-0.2, -0.15) is 0 Å². The zero-order chi connectivity index (χ0) is 25.8. The van der Waals surface area contributed by atoms with Gasteiger partial charge >= 0.3 is 6.09 Å². The van der Waals surface area contributed by atoms with Crippen LogP contribution in [-0.4, -0.2) is 67.2 Å². The van der Waals surface area contributed by atoms with Crippen LogP contribution in [0.5, 0.6) is 0 Å². The summed E-state index contributed by atoms with van der Waals surface area (Å²) in [5, 5.41) is 0. The van der Waals surface area contributed by atoms with Crippen LogP contribution in [0.3, 0.4) is 0 Å². The highest BCUT2D eigenvalue weighted by Gasteiger charge is 2.45. The van der Waals surface area contributed by atoms with Crippen molar-refractivity contribution < 1.29 is 37.4 Å². The Morgan fingerprint density at radius 3 is 2.18 bits per heavy atom. The molecule has 1 fully saturated rings. The average molecular weight is 484 g/mol. The standard InChI is InChI=1S/C25H35F2NO6/c1-14(22(30)16-9-17(26)11-18(27)10-16)8-21(29)15(2)23(33-7)20-12-19(32-6)13-28(20)24(31)34-25(3,4)5/h9-11,14-15,19-20,23H,8,12-13H2,1-7H3/t14-,15+,19-,20+,23-/m1/s1. The van der Waals surface area contributed by atoms with Crippen molar-refractivity contribution in [2.75, 3.05) is 20.8 Å². The van der Waals surface area contributed by atoms with Crippen LogP contribution < -0.4 is 0 Å². The van der Waals surface area contributed by atoms with E-state index in [4.69, 9.17) is 14.2 Å². The van der Waals surface area contributed by atoms with Gasteiger partial charge in [-0.3, -0.25) is 14.5 Å². The van der Waals surface area contributed by atoms with Gasteiger partial charge in [0.1, 0.15) is 23.0 Å². The highest BCUT2D eigenvalue weighted by molar-refractivity contribution is 6.00. The maximum absolute atomic E-state index is 13.5. The number of ketones is 2. The smallest absolute Gasteiger partial charge is 0.410 e. The number of carbonyl (C=O) groups excluding carboxylic acids is 3. The SMILES string of the molecule is CO[C@@H]1C[C@@H]([C@H](OC)[C@@H](C)C(=O)C[C@@H](C)C(=O)c2cc(F)cc(F)c2)N(C(=O)OC(C)(C)C)C1. The molecule has 1 heterocycles. The van der Waals surface area contributed by atoms with Crippen molar-refractivity contribution in [1.29, 1.82) is 0 Å². The number of likely N-dealkylation sites (tertiary alicyclic amines) is 1. The predicted molar refractivity (Wildman–Crippen MR) is 122 cm³/mol. The number of rotatable bonds is 9. The number of amides is 1. The van der Waals surface area contributed by atoms with E-state index in [1.807, 2.05) is 0 Å². The van der Waals surface area contributed by atoms with Crippen molar-refractivity contribution in [3.05, 3.63) is 35.4 Å². The summed E-state index contributed by atoms with van der Waals surface area (Å²) < 4.78 is 43.7. The van der Waals surface area contributed by atoms with E-state index in [-0.39, 0.29) is 23.9 Å². The molecule has 1 aliphatic heterocycles. The topological polar surface area (TPSA) is 82.1 Å². The minimum atomic E-state index is -0.856. The Labute approximate surface area is 199 Å². The van der Waals surface area contributed by atoms with Crippen LogP contribution in [0.2, 0.25) is 0 Å². The Morgan fingerprint density at radius 1 is 1.09 bits per heavy atom. The van der Waals surface area contributed by atoms with Gasteiger partial charge in [-0.25, -0.2) is 13.6 Å². The van der Waals surface area contributed by atoms with Gasteiger partial charge in [-0.1, -0.05) is 13.8 Å². The molecule has 1 saturated heterocycles. The second-order valence-corrected chi connectivity index (χ2v) is 9.88. The number of methoxy groups -OCH3 is 2. The summed E-state index contributed by atoms with van der Waals surface area (Å²) >= 11 is 0. The van der Waals surface area contributed by atoms with E-state index in [1.165, 1.54) is 12.0 Å². The normalized spacial score (nSPS) is 21.1. The summed E-state index contributed by atoms with van der Waals surface area (Å²) in [6, 6.07) is 2.13. The highest BCUT2D eigenvalue weighted by Crippen LogP contribution is 2.30. The summed E-state index contributed by atoms with van der Waals surface area (Å²) in [5.41, 5.74) is -0.813. The van der Waals surface area contributed by atoms with E-state index in [0.717, 1.165) is 12.1 Å². The molecule has 0 spiro atoms. The van der Waals surface area contributed by atoms with E-state index in [0.29, 0.717) is 19.0 Å². The lowest BCUT2D eigenvalue weighted by molar-refractivity contribution is -0.129. The molecular weight excluding hydrogens is 448 g/mol. The molecule has 0 unspecified atom stereocenters. The van der Waals surface area contributed by atoms with Crippen molar-refractivity contribution in [3.8, 4) is 0 Å². The summed E-state index contributed by atoms with van der Waals surface area (Å²) in [7, 11) is 3.02. The Hall–Kier alpha value is -2.39. The number of carbonyl (C=O) groups is 3. The van der Waals surface area contributed by atoms with Gasteiger partial charge in [0.25, 0.3) is 0 Å². The van der Waals surface area contributed by atoms with Crippen LogP contribution in [0.15, 0.2) is 18.2 Å². The molecule has 7 nitrogen and oxygen atoms in total. The number of nitrogens with zero attached hydrogens (tertiary/aromatic N) is 1. The Morgan fingerprint density at radius 2 is 1.68 bits per heavy atom. The Balaban J connectivity index is 2.15. The number of ether oxygens (including phenoxy) is 3. The molecular formula is C25H35F2NO6. The minimum Gasteiger partial charge on any atom is -0.444 e. The maximum Gasteiger partial charge on any atom is 0.410 e. The molecule has 0 N–H and O–H groups in total. The monoisotopic (exact) mass is 483 g/mol. The van der Waals surface area contributed by atoms with Crippen LogP contribution in [-0.2, 0) is 19.0 Å². The average Bonchev–Trinajstić information content (AvgIpc) is 3.16. The molecule has 1 aromatic carbocycles. The van der Waals surface area contributed by atoms with E-state index in [9.17, 15) is 23.2 Å². The van der Waals surface area contributed by atoms with Crippen molar-refractivity contribution in [2.24, 2.45) is 11.8 Å². The van der Waals surface area contributed by atoms with E-state index in [1.54, 1.807) is 41.7 Å². The summed E-state index contributed by atoms with van der Waals surface area (Å²) in [5.74, 6) is -3.93. The van der Waals surface area contributed by atoms with E-state index >= 15 is 0 Å². The molecule has 1 amide bonds. The molecule has 0 aliphatic carbocycles. The van der Waals surface area contributed by atoms with Gasteiger partial charge in [-0.05, 0) is 39.3 Å². The van der Waals surface area contributed by atoms with Crippen LogP contribution in [0.1, 0.15) is 57.8 Å². The van der Waals surface area contributed by atoms with Crippen molar-refractivity contribution in [1.82, 2.24) is 4.90 Å². The first-order valence-electron chi connectivity index (χ1n) is 11.4. The van der Waals surface area contributed by atoms with Crippen LogP contribution >= 0.6 is 0 Å². The predicted octanol–water partition coefficient (Wildman–Crippen LogP) is 4.42. The first-order valence-corrected chi connectivity index (χ1v) is 11.4. The lowest BCUT2D eigenvalue weighted by atomic mass is 9.86. The number of halogens is 2. The molecule has 1 aromatic rings. The second kappa shape index (κ2) is 11.4. The fourth-order valence-electron chi connectivity index (χ4n) is 4.28. The molecule has 34 heavy (non-hydrogen) atoms. The number of hydrogen-bond acceptors (Lipinski definition) is 6. The molecule has 0 aromatic heterocycles. The number of Topliss-reactive ketones (excluding diaryl/α,β-unsaturated/α-hetero) is 2. The van der Waals surface area contributed by atoms with E-state index < -0.39 is 53.1 Å². The third-order valence-corrected chi connectivity index (χ3v) is 6.02. The van der Waals surface area contributed by atoms with Crippen LogP contribution in [0.4, 0.5) is 13.6 Å². The first kappa shape index (κ1) is 27.9. The zero-order valence-electron chi connectivity index (χ0n) is 20.9. The fraction of sp³-hybridized carbons (Fsp3) is 0.640. The Kier molecular flexibility index (Phi) is 9.30. The van der Waals surface area contributed by atoms with E-state index in [2.05, 4.69) is 0 Å². The van der Waals surface area contributed by atoms with Gasteiger partial charge < -0.3 is 14.2 Å². The van der Waals surface area contributed by atoms with Gasteiger partial charge in [0.2, 0.25) is 0 Å². The van der Waals surface area contributed by atoms with Crippen molar-refractivity contribution >= 4 is 17.7 Å². The van der Waals surface area contributed by atoms with Crippen LogP contribution in [0, 0.1) is 23.5 Å². The largest absolute Gasteiger partial charge is 0.444 e. The minimum absolute atomic E-state index is 0.122. The zero-order valence-corrected chi connectivity index (χ0v) is 20.9. The first-order chi connectivity index (χ1) is 15.8. The lowest BCUT2D eigenvalue weighted by Crippen LogP contribution is -2.49. The fourth-order valence-corrected chi connectivity index (χ4v) is 4.28. The van der Waals surface area contributed by atoms with Crippen LogP contribution in [0.25, 0.3) is 0 Å². The molecule has 0 bridgehead atoms. The molecule has 2 rings (SSSR count). The molecule has 0 radical (unpaired) electrons. The summed E-state index contributed by atoms with van der Waals surface area (Å²) in [6.07, 6.45) is -1.08. The molecule has 190 valence electrons. The highest BCUT2D eigenvalue weighted by atomic mass is 19.1. The van der Waals surface area contributed by atoms with Gasteiger partial charge in [0.05, 0.1) is 24.8 Å². The lowest BCUT2D eigenvalue weighted by Gasteiger charge is -2.34. The molecule has 5 atom stereocenters. The molecule has 0 saturated carbocycles. The third-order valence-electron chi connectivity index (χ3n) is 6.02. The van der Waals surface area contributed by atoms with Gasteiger partial charge in [0, 0.05) is 44.1 Å². The van der Waals surface area contributed by atoms with Gasteiger partial charge in [-0.15, -0.1) is 0 Å². The second-order valence-electron chi connectivity index (χ2n) is 9.88. The van der Waals surface area contributed by atoms with Crippen molar-refractivity contribution in [3.63, 3.8) is 0 Å². The quantitative estimate of drug-likeness (QED) is 0.484. The summed E-state index contributed by atoms with van der Waals surface area (Å²) in [4.78, 5) is 40.1. The Bertz CT molecular complexity index is 880. The maximum atomic E-state index is 13.5. The molecule has 1 aliphatic rings. The summed E-state index contributed by atoms with van der Waals surface area (Å²) in [6.45, 7) is 8.84. The third kappa shape index (κ3) is 7.06. The molecule has 9 heteroatoms. The van der Waals surface area contributed by atoms with Gasteiger partial charge in [0.15, 0.2) is 5.78 Å². The number of benzene rings is 1. The van der Waals surface area contributed by atoms with Crippen molar-refractivity contribution in [2.45, 2.75) is 71.3 Å². The number of hydrogen-bond donors (Lipinski definition) is 0.